The van der Waals surface area contributed by atoms with Crippen molar-refractivity contribution in [3.05, 3.63) is 108 Å². The molecule has 0 aliphatic heterocycles. The molecule has 0 saturated carbocycles. The molecule has 0 atom stereocenters. The molecule has 0 fully saturated rings. The maximum absolute atomic E-state index is 13.7. The Morgan fingerprint density at radius 1 is 0.939 bits per heavy atom. The summed E-state index contributed by atoms with van der Waals surface area (Å²) < 4.78 is 15.5. The summed E-state index contributed by atoms with van der Waals surface area (Å²) in [5, 5.41) is 6.07. The van der Waals surface area contributed by atoms with Gasteiger partial charge in [-0.3, -0.25) is 14.2 Å². The third-order valence-corrected chi connectivity index (χ3v) is 5.76. The van der Waals surface area contributed by atoms with Crippen molar-refractivity contribution < 1.29 is 14.0 Å². The topological polar surface area (TPSA) is 76.0 Å². The van der Waals surface area contributed by atoms with Crippen LogP contribution in [-0.4, -0.2) is 27.1 Å². The highest BCUT2D eigenvalue weighted by Gasteiger charge is 2.12. The highest BCUT2D eigenvalue weighted by atomic mass is 32.2. The monoisotopic (exact) mass is 460 g/mol. The number of benzene rings is 3. The van der Waals surface area contributed by atoms with Crippen LogP contribution in [0.2, 0.25) is 0 Å². The molecule has 1 heterocycles. The first kappa shape index (κ1) is 22.3. The fourth-order valence-electron chi connectivity index (χ4n) is 3.13. The van der Waals surface area contributed by atoms with Gasteiger partial charge in [0.2, 0.25) is 5.91 Å². The maximum atomic E-state index is 13.7. The Kier molecular flexibility index (Phi) is 7.16. The van der Waals surface area contributed by atoms with Crippen molar-refractivity contribution >= 4 is 29.3 Å². The van der Waals surface area contributed by atoms with Gasteiger partial charge < -0.3 is 10.6 Å². The standard InChI is InChI=1S/C25H21FN4O2S/c26-21-8-4-5-9-22(21)29-23(31)17-33-25-27-14-15-30(25)20-12-10-19(11-13-20)24(32)28-16-18-6-2-1-3-7-18/h1-15H,16-17H2,(H,28,32)(H,29,31). The third-order valence-electron chi connectivity index (χ3n) is 4.79. The highest BCUT2D eigenvalue weighted by molar-refractivity contribution is 7.99. The first-order chi connectivity index (χ1) is 16.1. The van der Waals surface area contributed by atoms with E-state index in [2.05, 4.69) is 15.6 Å². The van der Waals surface area contributed by atoms with Crippen LogP contribution >= 0.6 is 11.8 Å². The Morgan fingerprint density at radius 3 is 2.42 bits per heavy atom. The number of hydrogen-bond donors (Lipinski definition) is 2. The molecule has 0 spiro atoms. The molecule has 0 aliphatic rings. The second-order valence-corrected chi connectivity index (χ2v) is 8.05. The van der Waals surface area contributed by atoms with Crippen LogP contribution < -0.4 is 10.6 Å². The molecule has 0 saturated heterocycles. The van der Waals surface area contributed by atoms with Gasteiger partial charge >= 0.3 is 0 Å². The molecule has 4 aromatic rings. The first-order valence-electron chi connectivity index (χ1n) is 10.2. The van der Waals surface area contributed by atoms with E-state index in [0.29, 0.717) is 17.3 Å². The number of amides is 2. The zero-order valence-electron chi connectivity index (χ0n) is 17.6. The number of rotatable bonds is 8. The van der Waals surface area contributed by atoms with E-state index in [1.165, 1.54) is 23.9 Å². The fraction of sp³-hybridized carbons (Fsp3) is 0.0800. The van der Waals surface area contributed by atoms with Gasteiger partial charge in [-0.2, -0.15) is 0 Å². The Morgan fingerprint density at radius 2 is 1.67 bits per heavy atom. The molecule has 0 radical (unpaired) electrons. The average Bonchev–Trinajstić information content (AvgIpc) is 3.32. The minimum atomic E-state index is -0.481. The molecule has 4 rings (SSSR count). The minimum absolute atomic E-state index is 0.0747. The molecule has 1 aromatic heterocycles. The third kappa shape index (κ3) is 5.87. The molecule has 33 heavy (non-hydrogen) atoms. The van der Waals surface area contributed by atoms with Gasteiger partial charge in [0.25, 0.3) is 5.91 Å². The van der Waals surface area contributed by atoms with Crippen molar-refractivity contribution in [2.75, 3.05) is 11.1 Å². The number of para-hydroxylation sites is 1. The summed E-state index contributed by atoms with van der Waals surface area (Å²) in [5.74, 6) is -0.892. The van der Waals surface area contributed by atoms with Crippen LogP contribution in [0, 0.1) is 5.82 Å². The number of imidazole rings is 1. The second kappa shape index (κ2) is 10.6. The number of aromatic nitrogens is 2. The summed E-state index contributed by atoms with van der Waals surface area (Å²) >= 11 is 1.24. The second-order valence-electron chi connectivity index (χ2n) is 7.11. The lowest BCUT2D eigenvalue weighted by molar-refractivity contribution is -0.113. The lowest BCUT2D eigenvalue weighted by Gasteiger charge is -2.10. The van der Waals surface area contributed by atoms with Crippen LogP contribution in [0.1, 0.15) is 15.9 Å². The number of anilines is 1. The van der Waals surface area contributed by atoms with E-state index in [0.717, 1.165) is 11.3 Å². The van der Waals surface area contributed by atoms with E-state index >= 15 is 0 Å². The minimum Gasteiger partial charge on any atom is -0.348 e. The predicted octanol–water partition coefficient (Wildman–Crippen LogP) is 4.67. The molecule has 2 N–H and O–H groups in total. The van der Waals surface area contributed by atoms with Crippen molar-refractivity contribution in [1.82, 2.24) is 14.9 Å². The molecule has 166 valence electrons. The van der Waals surface area contributed by atoms with E-state index in [-0.39, 0.29) is 23.3 Å². The fourth-order valence-corrected chi connectivity index (χ4v) is 3.90. The highest BCUT2D eigenvalue weighted by Crippen LogP contribution is 2.21. The van der Waals surface area contributed by atoms with Crippen LogP contribution in [0.5, 0.6) is 0 Å². The number of carbonyl (C=O) groups excluding carboxylic acids is 2. The molecule has 0 aliphatic carbocycles. The van der Waals surface area contributed by atoms with Gasteiger partial charge in [-0.15, -0.1) is 0 Å². The van der Waals surface area contributed by atoms with Crippen LogP contribution in [0.3, 0.4) is 0 Å². The number of nitrogens with one attached hydrogen (secondary N) is 2. The average molecular weight is 461 g/mol. The van der Waals surface area contributed by atoms with Crippen LogP contribution in [-0.2, 0) is 11.3 Å². The summed E-state index contributed by atoms with van der Waals surface area (Å²) in [6.45, 7) is 0.457. The Bertz CT molecular complexity index is 1240. The lowest BCUT2D eigenvalue weighted by atomic mass is 10.1. The maximum Gasteiger partial charge on any atom is 0.251 e. The van der Waals surface area contributed by atoms with Crippen molar-refractivity contribution in [2.24, 2.45) is 0 Å². The van der Waals surface area contributed by atoms with E-state index in [4.69, 9.17) is 0 Å². The Hall–Kier alpha value is -3.91. The summed E-state index contributed by atoms with van der Waals surface area (Å²) in [5.41, 5.74) is 2.53. The number of carbonyl (C=O) groups is 2. The van der Waals surface area contributed by atoms with Crippen LogP contribution in [0.25, 0.3) is 5.69 Å². The summed E-state index contributed by atoms with van der Waals surface area (Å²) in [6, 6.07) is 22.9. The van der Waals surface area contributed by atoms with Crippen molar-refractivity contribution in [3.63, 3.8) is 0 Å². The van der Waals surface area contributed by atoms with E-state index < -0.39 is 5.82 Å². The van der Waals surface area contributed by atoms with E-state index in [1.54, 1.807) is 36.7 Å². The van der Waals surface area contributed by atoms with Crippen molar-refractivity contribution in [3.8, 4) is 5.69 Å². The lowest BCUT2D eigenvalue weighted by Crippen LogP contribution is -2.22. The largest absolute Gasteiger partial charge is 0.348 e. The van der Waals surface area contributed by atoms with Crippen molar-refractivity contribution in [2.45, 2.75) is 11.7 Å². The summed E-state index contributed by atoms with van der Waals surface area (Å²) in [4.78, 5) is 28.9. The van der Waals surface area contributed by atoms with Gasteiger partial charge in [0.1, 0.15) is 5.82 Å². The van der Waals surface area contributed by atoms with Crippen molar-refractivity contribution in [1.29, 1.82) is 0 Å². The number of halogens is 1. The number of nitrogens with zero attached hydrogens (tertiary/aromatic N) is 2. The smallest absolute Gasteiger partial charge is 0.251 e. The number of hydrogen-bond acceptors (Lipinski definition) is 4. The number of thioether (sulfide) groups is 1. The van der Waals surface area contributed by atoms with Gasteiger partial charge in [0.05, 0.1) is 11.4 Å². The quantitative estimate of drug-likeness (QED) is 0.375. The zero-order valence-corrected chi connectivity index (χ0v) is 18.4. The van der Waals surface area contributed by atoms with Gasteiger partial charge in [-0.25, -0.2) is 9.37 Å². The molecular formula is C25H21FN4O2S. The van der Waals surface area contributed by atoms with Gasteiger partial charge in [-0.05, 0) is 42.0 Å². The Balaban J connectivity index is 1.35. The van der Waals surface area contributed by atoms with Crippen LogP contribution in [0.15, 0.2) is 96.4 Å². The molecule has 3 aromatic carbocycles. The molecule has 6 nitrogen and oxygen atoms in total. The molecule has 2 amide bonds. The SMILES string of the molecule is O=C(CSc1nccn1-c1ccc(C(=O)NCc2ccccc2)cc1)Nc1ccccc1F. The first-order valence-corrected chi connectivity index (χ1v) is 11.2. The summed E-state index contributed by atoms with van der Waals surface area (Å²) in [7, 11) is 0. The zero-order chi connectivity index (χ0) is 23.0. The molecule has 8 heteroatoms. The van der Waals surface area contributed by atoms with E-state index in [9.17, 15) is 14.0 Å². The van der Waals surface area contributed by atoms with Gasteiger partial charge in [0.15, 0.2) is 5.16 Å². The molecule has 0 bridgehead atoms. The van der Waals surface area contributed by atoms with E-state index in [1.807, 2.05) is 47.0 Å². The van der Waals surface area contributed by atoms with Crippen LogP contribution in [0.4, 0.5) is 10.1 Å². The Labute approximate surface area is 194 Å². The molecule has 0 unspecified atom stereocenters. The summed E-state index contributed by atoms with van der Waals surface area (Å²) in [6.07, 6.45) is 3.42. The molecular weight excluding hydrogens is 439 g/mol. The normalized spacial score (nSPS) is 10.6. The van der Waals surface area contributed by atoms with Gasteiger partial charge in [0, 0.05) is 30.2 Å². The predicted molar refractivity (Wildman–Crippen MR) is 127 cm³/mol. The van der Waals surface area contributed by atoms with Gasteiger partial charge in [-0.1, -0.05) is 54.2 Å².